The number of carbonyl (C=O) groups excluding carboxylic acids is 6. The minimum absolute atomic E-state index is 0.00233. The summed E-state index contributed by atoms with van der Waals surface area (Å²) < 4.78 is 14.9. The van der Waals surface area contributed by atoms with Crippen LogP contribution in [0.4, 0.5) is 0 Å². The summed E-state index contributed by atoms with van der Waals surface area (Å²) in [5, 5.41) is 0. The highest BCUT2D eigenvalue weighted by Gasteiger charge is 2.20. The zero-order valence-corrected chi connectivity index (χ0v) is 15.9. The third-order valence-electron chi connectivity index (χ3n) is 3.20. The molecule has 0 atom stereocenters. The van der Waals surface area contributed by atoms with E-state index < -0.39 is 24.0 Å². The summed E-state index contributed by atoms with van der Waals surface area (Å²) >= 11 is 0. The van der Waals surface area contributed by atoms with Gasteiger partial charge in [-0.2, -0.15) is 0 Å². The monoisotopic (exact) mass is 386 g/mol. The average Bonchev–Trinajstić information content (AvgIpc) is 2.58. The maximum Gasteiger partial charge on any atom is 0.306 e. The third kappa shape index (κ3) is 15.4. The van der Waals surface area contributed by atoms with Gasteiger partial charge in [0.15, 0.2) is 6.10 Å². The number of hydrogen-bond acceptors (Lipinski definition) is 9. The highest BCUT2D eigenvalue weighted by atomic mass is 16.6. The number of rotatable bonds is 14. The van der Waals surface area contributed by atoms with E-state index in [2.05, 4.69) is 0 Å². The van der Waals surface area contributed by atoms with Crippen LogP contribution in [0.15, 0.2) is 0 Å². The van der Waals surface area contributed by atoms with E-state index in [0.717, 1.165) is 0 Å². The Labute approximate surface area is 157 Å². The number of Topliss-reactive ketones (excluding diaryl/α,β-unsaturated/α-hetero) is 3. The van der Waals surface area contributed by atoms with Crippen LogP contribution in [0.5, 0.6) is 0 Å². The third-order valence-corrected chi connectivity index (χ3v) is 3.20. The average molecular weight is 386 g/mol. The predicted molar refractivity (Wildman–Crippen MR) is 91.5 cm³/mol. The Hall–Kier alpha value is -2.58. The van der Waals surface area contributed by atoms with Crippen molar-refractivity contribution in [3.8, 4) is 0 Å². The molecule has 0 aliphatic carbocycles. The van der Waals surface area contributed by atoms with Crippen molar-refractivity contribution >= 4 is 35.3 Å². The fraction of sp³-hybridized carbons (Fsp3) is 0.667. The van der Waals surface area contributed by atoms with Crippen LogP contribution in [-0.4, -0.2) is 54.6 Å². The van der Waals surface area contributed by atoms with Gasteiger partial charge in [-0.05, 0) is 20.8 Å². The molecule has 0 aliphatic heterocycles. The molecule has 0 saturated heterocycles. The van der Waals surface area contributed by atoms with Gasteiger partial charge in [0, 0.05) is 19.3 Å². The minimum Gasteiger partial charge on any atom is -0.462 e. The predicted octanol–water partition coefficient (Wildman–Crippen LogP) is 1.09. The number of carbonyl (C=O) groups is 6. The fourth-order valence-corrected chi connectivity index (χ4v) is 1.71. The molecule has 27 heavy (non-hydrogen) atoms. The van der Waals surface area contributed by atoms with Crippen LogP contribution in [0.1, 0.15) is 59.3 Å². The molecule has 0 rings (SSSR count). The standard InChI is InChI=1S/C18H26O9/c1-12(19)4-7-16(22)25-10-15(27-18(24)9-6-14(3)21)11-26-17(23)8-5-13(2)20/h15H,4-11H2,1-3H3. The second kappa shape index (κ2) is 13.6. The molecule has 0 aromatic rings. The summed E-state index contributed by atoms with van der Waals surface area (Å²) in [6.07, 6.45) is -1.36. The van der Waals surface area contributed by atoms with Crippen molar-refractivity contribution in [3.05, 3.63) is 0 Å². The molecule has 0 N–H and O–H groups in total. The Bertz CT molecular complexity index is 531. The van der Waals surface area contributed by atoms with E-state index in [1.165, 1.54) is 20.8 Å². The van der Waals surface area contributed by atoms with E-state index in [9.17, 15) is 28.8 Å². The van der Waals surface area contributed by atoms with Gasteiger partial charge in [0.05, 0.1) is 19.3 Å². The molecule has 0 aromatic heterocycles. The van der Waals surface area contributed by atoms with Crippen molar-refractivity contribution in [3.63, 3.8) is 0 Å². The van der Waals surface area contributed by atoms with E-state index in [1.807, 2.05) is 0 Å². The van der Waals surface area contributed by atoms with Crippen LogP contribution in [0, 0.1) is 0 Å². The van der Waals surface area contributed by atoms with E-state index in [0.29, 0.717) is 0 Å². The van der Waals surface area contributed by atoms with E-state index in [4.69, 9.17) is 14.2 Å². The minimum atomic E-state index is -1.05. The highest BCUT2D eigenvalue weighted by molar-refractivity contribution is 5.82. The molecule has 0 fully saturated rings. The van der Waals surface area contributed by atoms with Gasteiger partial charge >= 0.3 is 17.9 Å². The SMILES string of the molecule is CC(=O)CCC(=O)OCC(COC(=O)CCC(C)=O)OC(=O)CCC(C)=O. The van der Waals surface area contributed by atoms with Gasteiger partial charge in [-0.3, -0.25) is 14.4 Å². The molecule has 152 valence electrons. The molecule has 0 aliphatic rings. The molecule has 0 saturated carbocycles. The quantitative estimate of drug-likeness (QED) is 0.318. The van der Waals surface area contributed by atoms with Gasteiger partial charge in [0.25, 0.3) is 0 Å². The molecule has 0 heterocycles. The first kappa shape index (κ1) is 24.4. The summed E-state index contributed by atoms with van der Waals surface area (Å²) in [6.45, 7) is 3.30. The van der Waals surface area contributed by atoms with E-state index in [1.54, 1.807) is 0 Å². The van der Waals surface area contributed by atoms with Crippen LogP contribution >= 0.6 is 0 Å². The molecular formula is C18H26O9. The maximum absolute atomic E-state index is 11.7. The van der Waals surface area contributed by atoms with Crippen molar-refractivity contribution in [2.24, 2.45) is 0 Å². The Morgan fingerprint density at radius 3 is 1.22 bits per heavy atom. The first-order valence-corrected chi connectivity index (χ1v) is 8.59. The molecule has 0 spiro atoms. The van der Waals surface area contributed by atoms with Crippen LogP contribution in [0.2, 0.25) is 0 Å². The van der Waals surface area contributed by atoms with Crippen LogP contribution in [-0.2, 0) is 43.0 Å². The zero-order chi connectivity index (χ0) is 20.8. The van der Waals surface area contributed by atoms with Crippen molar-refractivity contribution in [2.45, 2.75) is 65.4 Å². The van der Waals surface area contributed by atoms with Crippen molar-refractivity contribution < 1.29 is 43.0 Å². The van der Waals surface area contributed by atoms with E-state index >= 15 is 0 Å². The molecule has 0 aromatic carbocycles. The summed E-state index contributed by atoms with van der Waals surface area (Å²) in [7, 11) is 0. The van der Waals surface area contributed by atoms with Crippen LogP contribution < -0.4 is 0 Å². The second-order valence-corrected chi connectivity index (χ2v) is 6.08. The zero-order valence-electron chi connectivity index (χ0n) is 15.9. The Kier molecular flexibility index (Phi) is 12.3. The first-order chi connectivity index (χ1) is 12.6. The van der Waals surface area contributed by atoms with Gasteiger partial charge in [0.1, 0.15) is 30.6 Å². The number of ketones is 3. The largest absolute Gasteiger partial charge is 0.462 e. The van der Waals surface area contributed by atoms with Gasteiger partial charge in [0.2, 0.25) is 0 Å². The lowest BCUT2D eigenvalue weighted by molar-refractivity contribution is -0.167. The van der Waals surface area contributed by atoms with Crippen LogP contribution in [0.25, 0.3) is 0 Å². The molecule has 9 heteroatoms. The van der Waals surface area contributed by atoms with Gasteiger partial charge < -0.3 is 28.6 Å². The van der Waals surface area contributed by atoms with Crippen molar-refractivity contribution in [1.82, 2.24) is 0 Å². The van der Waals surface area contributed by atoms with Crippen molar-refractivity contribution in [1.29, 1.82) is 0 Å². The molecule has 0 bridgehead atoms. The second-order valence-electron chi connectivity index (χ2n) is 6.08. The number of esters is 3. The maximum atomic E-state index is 11.7. The Morgan fingerprint density at radius 1 is 0.556 bits per heavy atom. The molecule has 9 nitrogen and oxygen atoms in total. The van der Waals surface area contributed by atoms with E-state index in [-0.39, 0.29) is 69.1 Å². The smallest absolute Gasteiger partial charge is 0.306 e. The van der Waals surface area contributed by atoms with Gasteiger partial charge in [-0.25, -0.2) is 0 Å². The molecule has 0 amide bonds. The fourth-order valence-electron chi connectivity index (χ4n) is 1.71. The molecular weight excluding hydrogens is 360 g/mol. The number of ether oxygens (including phenoxy) is 3. The highest BCUT2D eigenvalue weighted by Crippen LogP contribution is 2.04. The van der Waals surface area contributed by atoms with Crippen LogP contribution in [0.3, 0.4) is 0 Å². The lowest BCUT2D eigenvalue weighted by Crippen LogP contribution is -2.31. The molecule has 0 radical (unpaired) electrons. The summed E-state index contributed by atoms with van der Waals surface area (Å²) in [6, 6.07) is 0. The summed E-state index contributed by atoms with van der Waals surface area (Å²) in [5.74, 6) is -2.53. The topological polar surface area (TPSA) is 130 Å². The lowest BCUT2D eigenvalue weighted by atomic mass is 10.2. The Balaban J connectivity index is 4.54. The summed E-state index contributed by atoms with van der Waals surface area (Å²) in [5.41, 5.74) is 0. The first-order valence-electron chi connectivity index (χ1n) is 8.59. The summed E-state index contributed by atoms with van der Waals surface area (Å²) in [4.78, 5) is 67.5. The van der Waals surface area contributed by atoms with Gasteiger partial charge in [-0.1, -0.05) is 0 Å². The number of hydrogen-bond donors (Lipinski definition) is 0. The Morgan fingerprint density at radius 2 is 0.889 bits per heavy atom. The lowest BCUT2D eigenvalue weighted by Gasteiger charge is -2.18. The van der Waals surface area contributed by atoms with Crippen molar-refractivity contribution in [2.75, 3.05) is 13.2 Å². The van der Waals surface area contributed by atoms with Gasteiger partial charge in [-0.15, -0.1) is 0 Å². The normalized spacial score (nSPS) is 10.2. The molecule has 0 unspecified atom stereocenters.